The molecule has 31 heavy (non-hydrogen) atoms. The van der Waals surface area contributed by atoms with Crippen LogP contribution in [0.3, 0.4) is 0 Å². The Bertz CT molecular complexity index is 1220. The minimum Gasteiger partial charge on any atom is -0.453 e. The molecule has 3 heterocycles. The number of anilines is 1. The standard InChI is InChI=1S/C22H20Cl2N4O3/c1-31-21(30)26-6-7-27-15(9-13-8-14(23)2-3-17(13)27)12-28-18-11-25-10-16(24)19(18)22(4-5-22)20(28)29/h2-3,8-11H,4-7,12H2,1H3,(H,26,30). The molecule has 1 N–H and O–H groups in total. The molecule has 0 unspecified atom stereocenters. The molecule has 9 heteroatoms. The number of benzene rings is 1. The van der Waals surface area contributed by atoms with Crippen molar-refractivity contribution in [1.29, 1.82) is 0 Å². The minimum atomic E-state index is -0.498. The van der Waals surface area contributed by atoms with Crippen LogP contribution in [0.15, 0.2) is 36.7 Å². The predicted molar refractivity (Wildman–Crippen MR) is 119 cm³/mol. The summed E-state index contributed by atoms with van der Waals surface area (Å²) < 4.78 is 6.74. The number of rotatable bonds is 5. The number of amides is 2. The lowest BCUT2D eigenvalue weighted by Gasteiger charge is -2.20. The van der Waals surface area contributed by atoms with E-state index in [1.165, 1.54) is 7.11 Å². The molecule has 2 aliphatic rings. The third-order valence-electron chi connectivity index (χ3n) is 6.11. The quantitative estimate of drug-likeness (QED) is 0.618. The van der Waals surface area contributed by atoms with Gasteiger partial charge in [0.2, 0.25) is 5.91 Å². The van der Waals surface area contributed by atoms with Gasteiger partial charge in [-0.15, -0.1) is 0 Å². The van der Waals surface area contributed by atoms with Crippen molar-refractivity contribution in [1.82, 2.24) is 14.9 Å². The van der Waals surface area contributed by atoms with Crippen LogP contribution in [0.4, 0.5) is 10.5 Å². The number of pyridine rings is 1. The summed E-state index contributed by atoms with van der Waals surface area (Å²) in [7, 11) is 1.33. The van der Waals surface area contributed by atoms with Gasteiger partial charge in [0.1, 0.15) is 0 Å². The number of hydrogen-bond donors (Lipinski definition) is 1. The number of halogens is 2. The minimum absolute atomic E-state index is 0.0694. The summed E-state index contributed by atoms with van der Waals surface area (Å²) in [5.74, 6) is 0.0694. The summed E-state index contributed by atoms with van der Waals surface area (Å²) in [6, 6.07) is 7.70. The SMILES string of the molecule is COC(=O)NCCn1c(CN2C(=O)C3(CC3)c3c(Cl)cncc32)cc2cc(Cl)ccc21. The molecular formula is C22H20Cl2N4O3. The maximum atomic E-state index is 13.4. The number of ether oxygens (including phenoxy) is 1. The Morgan fingerprint density at radius 1 is 1.26 bits per heavy atom. The van der Waals surface area contributed by atoms with Gasteiger partial charge in [-0.25, -0.2) is 4.79 Å². The van der Waals surface area contributed by atoms with Crippen molar-refractivity contribution in [3.63, 3.8) is 0 Å². The normalized spacial score (nSPS) is 16.1. The van der Waals surface area contributed by atoms with Crippen LogP contribution in [0, 0.1) is 0 Å². The molecule has 1 aliphatic carbocycles. The van der Waals surface area contributed by atoms with Gasteiger partial charge in [-0.05, 0) is 37.1 Å². The molecule has 5 rings (SSSR count). The summed E-state index contributed by atoms with van der Waals surface area (Å²) in [6.07, 6.45) is 4.45. The third kappa shape index (κ3) is 3.23. The topological polar surface area (TPSA) is 76.5 Å². The third-order valence-corrected chi connectivity index (χ3v) is 6.63. The number of hydrogen-bond acceptors (Lipinski definition) is 4. The van der Waals surface area contributed by atoms with E-state index in [0.717, 1.165) is 40.7 Å². The Balaban J connectivity index is 1.52. The molecule has 0 saturated heterocycles. The van der Waals surface area contributed by atoms with Crippen LogP contribution >= 0.6 is 23.2 Å². The summed E-state index contributed by atoms with van der Waals surface area (Å²) in [6.45, 7) is 1.28. The molecule has 160 valence electrons. The zero-order chi connectivity index (χ0) is 21.8. The molecule has 1 aromatic carbocycles. The molecule has 7 nitrogen and oxygen atoms in total. The largest absolute Gasteiger partial charge is 0.453 e. The van der Waals surface area contributed by atoms with E-state index in [9.17, 15) is 9.59 Å². The van der Waals surface area contributed by atoms with Crippen LogP contribution in [0.1, 0.15) is 24.1 Å². The highest BCUT2D eigenvalue weighted by molar-refractivity contribution is 6.33. The van der Waals surface area contributed by atoms with E-state index in [2.05, 4.69) is 19.6 Å². The van der Waals surface area contributed by atoms with Crippen LogP contribution in [0.5, 0.6) is 0 Å². The van der Waals surface area contributed by atoms with Crippen LogP contribution in [-0.2, 0) is 28.0 Å². The van der Waals surface area contributed by atoms with E-state index in [1.807, 2.05) is 24.3 Å². The number of methoxy groups -OCH3 is 1. The van der Waals surface area contributed by atoms with Crippen molar-refractivity contribution >= 4 is 51.8 Å². The van der Waals surface area contributed by atoms with Crippen molar-refractivity contribution in [3.05, 3.63) is 58.0 Å². The van der Waals surface area contributed by atoms with Crippen molar-refractivity contribution < 1.29 is 14.3 Å². The van der Waals surface area contributed by atoms with Crippen molar-refractivity contribution in [3.8, 4) is 0 Å². The fourth-order valence-corrected chi connectivity index (χ4v) is 5.04. The second kappa shape index (κ2) is 7.43. The first kappa shape index (κ1) is 20.2. The molecule has 3 aromatic rings. The highest BCUT2D eigenvalue weighted by atomic mass is 35.5. The monoisotopic (exact) mass is 458 g/mol. The van der Waals surface area contributed by atoms with Gasteiger partial charge in [0, 0.05) is 46.5 Å². The fraction of sp³-hybridized carbons (Fsp3) is 0.318. The Labute approximate surface area is 188 Å². The maximum Gasteiger partial charge on any atom is 0.406 e. The number of aromatic nitrogens is 2. The Kier molecular flexibility index (Phi) is 4.83. The maximum absolute atomic E-state index is 13.4. The number of carbonyl (C=O) groups excluding carboxylic acids is 2. The molecule has 2 aromatic heterocycles. The van der Waals surface area contributed by atoms with Crippen LogP contribution in [-0.4, -0.2) is 35.2 Å². The van der Waals surface area contributed by atoms with E-state index in [4.69, 9.17) is 23.2 Å². The molecule has 1 fully saturated rings. The van der Waals surface area contributed by atoms with Crippen molar-refractivity contribution in [2.24, 2.45) is 0 Å². The van der Waals surface area contributed by atoms with Gasteiger partial charge in [0.05, 0.1) is 36.0 Å². The van der Waals surface area contributed by atoms with E-state index in [1.54, 1.807) is 17.3 Å². The van der Waals surface area contributed by atoms with Crippen molar-refractivity contribution in [2.45, 2.75) is 31.3 Å². The first-order chi connectivity index (χ1) is 14.9. The molecular weight excluding hydrogens is 439 g/mol. The summed E-state index contributed by atoms with van der Waals surface area (Å²) in [5, 5.41) is 4.86. The lowest BCUT2D eigenvalue weighted by Crippen LogP contribution is -2.33. The Hall–Kier alpha value is -2.77. The highest BCUT2D eigenvalue weighted by Gasteiger charge is 2.60. The first-order valence-corrected chi connectivity index (χ1v) is 10.8. The van der Waals surface area contributed by atoms with Gasteiger partial charge in [0.15, 0.2) is 0 Å². The van der Waals surface area contributed by atoms with Gasteiger partial charge in [-0.1, -0.05) is 23.2 Å². The number of nitrogens with zero attached hydrogens (tertiary/aromatic N) is 3. The molecule has 1 saturated carbocycles. The summed E-state index contributed by atoms with van der Waals surface area (Å²) in [5.41, 5.74) is 3.08. The number of fused-ring (bicyclic) bond motifs is 3. The summed E-state index contributed by atoms with van der Waals surface area (Å²) >= 11 is 12.6. The summed E-state index contributed by atoms with van der Waals surface area (Å²) in [4.78, 5) is 30.8. The average Bonchev–Trinajstić information content (AvgIpc) is 3.43. The molecule has 1 spiro atoms. The Morgan fingerprint density at radius 3 is 2.81 bits per heavy atom. The predicted octanol–water partition coefficient (Wildman–Crippen LogP) is 4.28. The fourth-order valence-electron chi connectivity index (χ4n) is 4.52. The van der Waals surface area contributed by atoms with Gasteiger partial charge in [0.25, 0.3) is 0 Å². The van der Waals surface area contributed by atoms with Crippen molar-refractivity contribution in [2.75, 3.05) is 18.6 Å². The number of alkyl carbamates (subject to hydrolysis) is 1. The van der Waals surface area contributed by atoms with Crippen LogP contribution in [0.25, 0.3) is 10.9 Å². The van der Waals surface area contributed by atoms with Crippen LogP contribution < -0.4 is 10.2 Å². The van der Waals surface area contributed by atoms with Gasteiger partial charge < -0.3 is 19.5 Å². The second-order valence-corrected chi connectivity index (χ2v) is 8.74. The second-order valence-electron chi connectivity index (χ2n) is 7.90. The Morgan fingerprint density at radius 2 is 2.06 bits per heavy atom. The lowest BCUT2D eigenvalue weighted by atomic mass is 9.99. The highest BCUT2D eigenvalue weighted by Crippen LogP contribution is 2.59. The van der Waals surface area contributed by atoms with Crippen LogP contribution in [0.2, 0.25) is 10.0 Å². The zero-order valence-corrected chi connectivity index (χ0v) is 18.3. The lowest BCUT2D eigenvalue weighted by molar-refractivity contribution is -0.120. The molecule has 0 radical (unpaired) electrons. The van der Waals surface area contributed by atoms with E-state index >= 15 is 0 Å². The first-order valence-electron chi connectivity index (χ1n) is 10.00. The molecule has 1 aliphatic heterocycles. The van der Waals surface area contributed by atoms with E-state index in [-0.39, 0.29) is 5.91 Å². The van der Waals surface area contributed by atoms with Gasteiger partial charge in [-0.3, -0.25) is 9.78 Å². The molecule has 0 atom stereocenters. The average molecular weight is 459 g/mol. The van der Waals surface area contributed by atoms with Gasteiger partial charge in [-0.2, -0.15) is 0 Å². The molecule has 0 bridgehead atoms. The van der Waals surface area contributed by atoms with E-state index in [0.29, 0.717) is 29.7 Å². The number of carbonyl (C=O) groups is 2. The number of nitrogens with one attached hydrogen (secondary N) is 1. The van der Waals surface area contributed by atoms with E-state index < -0.39 is 11.5 Å². The van der Waals surface area contributed by atoms with Gasteiger partial charge >= 0.3 is 6.09 Å². The smallest absolute Gasteiger partial charge is 0.406 e. The molecule has 2 amide bonds. The zero-order valence-electron chi connectivity index (χ0n) is 16.8.